The molecule has 0 fully saturated rings. The van der Waals surface area contributed by atoms with E-state index < -0.39 is 0 Å². The third kappa shape index (κ3) is 2.28. The Morgan fingerprint density at radius 2 is 2.00 bits per heavy atom. The summed E-state index contributed by atoms with van der Waals surface area (Å²) in [6.07, 6.45) is 3.37. The number of ketones is 1. The van der Waals surface area contributed by atoms with Crippen LogP contribution in [-0.4, -0.2) is 5.78 Å². The first-order chi connectivity index (χ1) is 6.15. The van der Waals surface area contributed by atoms with Crippen molar-refractivity contribution < 1.29 is 4.79 Å². The molecule has 0 bridgehead atoms. The smallest absolute Gasteiger partial charge is 0.185 e. The maximum atomic E-state index is 11.5. The van der Waals surface area contributed by atoms with Gasteiger partial charge in [-0.25, -0.2) is 0 Å². The van der Waals surface area contributed by atoms with Gasteiger partial charge in [-0.05, 0) is 38.5 Å². The van der Waals surface area contributed by atoms with E-state index in [-0.39, 0.29) is 5.78 Å². The predicted molar refractivity (Wildman–Crippen MR) is 55.1 cm³/mol. The molecule has 0 aliphatic heterocycles. The molecule has 1 rings (SSSR count). The lowest BCUT2D eigenvalue weighted by atomic mass is 10.0. The third-order valence-electron chi connectivity index (χ3n) is 1.98. The summed E-state index contributed by atoms with van der Waals surface area (Å²) in [5.41, 5.74) is 2.96. The molecule has 0 heterocycles. The fourth-order valence-electron chi connectivity index (χ4n) is 1.24. The Morgan fingerprint density at radius 1 is 1.31 bits per heavy atom. The van der Waals surface area contributed by atoms with E-state index in [0.717, 1.165) is 16.7 Å². The average Bonchev–Trinajstić information content (AvgIpc) is 2.09. The van der Waals surface area contributed by atoms with Crippen LogP contribution in [0.5, 0.6) is 0 Å². The van der Waals surface area contributed by atoms with Crippen LogP contribution in [0, 0.1) is 13.8 Å². The number of rotatable bonds is 2. The maximum absolute atomic E-state index is 11.5. The van der Waals surface area contributed by atoms with Crippen molar-refractivity contribution >= 4 is 5.78 Å². The number of carbonyl (C=O) groups excluding carboxylic acids is 1. The fraction of sp³-hybridized carbons (Fsp3) is 0.250. The van der Waals surface area contributed by atoms with Crippen molar-refractivity contribution in [3.63, 3.8) is 0 Å². The predicted octanol–water partition coefficient (Wildman–Crippen LogP) is 3.06. The van der Waals surface area contributed by atoms with Gasteiger partial charge in [-0.1, -0.05) is 23.8 Å². The van der Waals surface area contributed by atoms with Crippen molar-refractivity contribution in [3.05, 3.63) is 47.0 Å². The Balaban J connectivity index is 3.13. The summed E-state index contributed by atoms with van der Waals surface area (Å²) in [4.78, 5) is 11.5. The molecule has 0 N–H and O–H groups in total. The number of hydrogen-bond donors (Lipinski definition) is 0. The minimum atomic E-state index is 0.0868. The first-order valence-corrected chi connectivity index (χ1v) is 4.39. The summed E-state index contributed by atoms with van der Waals surface area (Å²) in [6.45, 7) is 5.80. The highest BCUT2D eigenvalue weighted by Gasteiger charge is 2.04. The van der Waals surface area contributed by atoms with Crippen molar-refractivity contribution in [2.45, 2.75) is 20.8 Å². The van der Waals surface area contributed by atoms with Crippen LogP contribution >= 0.6 is 0 Å². The first-order valence-electron chi connectivity index (χ1n) is 4.39. The number of aryl methyl sites for hydroxylation is 2. The number of allylic oxidation sites excluding steroid dienone is 2. The minimum absolute atomic E-state index is 0.0868. The van der Waals surface area contributed by atoms with Gasteiger partial charge in [0.25, 0.3) is 0 Å². The van der Waals surface area contributed by atoms with Crippen molar-refractivity contribution in [1.82, 2.24) is 0 Å². The lowest BCUT2D eigenvalue weighted by molar-refractivity contribution is 0.104. The summed E-state index contributed by atoms with van der Waals surface area (Å²) in [7, 11) is 0. The molecule has 13 heavy (non-hydrogen) atoms. The summed E-state index contributed by atoms with van der Waals surface area (Å²) in [6, 6.07) is 5.92. The number of benzene rings is 1. The highest BCUT2D eigenvalue weighted by atomic mass is 16.1. The molecule has 0 aromatic heterocycles. The third-order valence-corrected chi connectivity index (χ3v) is 1.98. The summed E-state index contributed by atoms with van der Waals surface area (Å²) in [5.74, 6) is 0.0868. The molecule has 0 aliphatic rings. The number of hydrogen-bond acceptors (Lipinski definition) is 1. The van der Waals surface area contributed by atoms with E-state index in [4.69, 9.17) is 0 Å². The molecule has 1 heteroatoms. The van der Waals surface area contributed by atoms with E-state index in [1.807, 2.05) is 39.0 Å². The van der Waals surface area contributed by atoms with Crippen molar-refractivity contribution in [3.8, 4) is 0 Å². The Kier molecular flexibility index (Phi) is 3.02. The maximum Gasteiger partial charge on any atom is 0.185 e. The van der Waals surface area contributed by atoms with Gasteiger partial charge in [0, 0.05) is 5.56 Å². The Morgan fingerprint density at radius 3 is 2.62 bits per heavy atom. The van der Waals surface area contributed by atoms with E-state index in [0.29, 0.717) is 0 Å². The Hall–Kier alpha value is -1.37. The average molecular weight is 174 g/mol. The van der Waals surface area contributed by atoms with Gasteiger partial charge >= 0.3 is 0 Å². The van der Waals surface area contributed by atoms with Crippen molar-refractivity contribution in [1.29, 1.82) is 0 Å². The van der Waals surface area contributed by atoms with E-state index in [2.05, 4.69) is 0 Å². The van der Waals surface area contributed by atoms with Gasteiger partial charge in [-0.3, -0.25) is 4.79 Å². The molecule has 0 atom stereocenters. The highest BCUT2D eigenvalue weighted by molar-refractivity contribution is 6.05. The van der Waals surface area contributed by atoms with Crippen molar-refractivity contribution in [2.24, 2.45) is 0 Å². The van der Waals surface area contributed by atoms with Gasteiger partial charge in [0.1, 0.15) is 0 Å². The zero-order valence-corrected chi connectivity index (χ0v) is 8.29. The van der Waals surface area contributed by atoms with Crippen molar-refractivity contribution in [2.75, 3.05) is 0 Å². The molecule has 0 spiro atoms. The fourth-order valence-corrected chi connectivity index (χ4v) is 1.24. The Labute approximate surface area is 79.1 Å². The molecule has 0 amide bonds. The van der Waals surface area contributed by atoms with Gasteiger partial charge in [0.05, 0.1) is 0 Å². The zero-order valence-electron chi connectivity index (χ0n) is 8.29. The van der Waals surface area contributed by atoms with E-state index in [1.165, 1.54) is 0 Å². The van der Waals surface area contributed by atoms with Crippen LogP contribution in [0.1, 0.15) is 28.4 Å². The lowest BCUT2D eigenvalue weighted by Crippen LogP contribution is -1.97. The van der Waals surface area contributed by atoms with Gasteiger partial charge in [0.2, 0.25) is 0 Å². The second kappa shape index (κ2) is 4.04. The quantitative estimate of drug-likeness (QED) is 0.497. The molecule has 68 valence electrons. The van der Waals surface area contributed by atoms with Crippen LogP contribution in [0.4, 0.5) is 0 Å². The van der Waals surface area contributed by atoms with E-state index in [1.54, 1.807) is 12.2 Å². The van der Waals surface area contributed by atoms with Crippen LogP contribution in [0.25, 0.3) is 0 Å². The van der Waals surface area contributed by atoms with Gasteiger partial charge < -0.3 is 0 Å². The normalized spacial score (nSPS) is 10.7. The van der Waals surface area contributed by atoms with E-state index >= 15 is 0 Å². The monoisotopic (exact) mass is 174 g/mol. The number of carbonyl (C=O) groups is 1. The minimum Gasteiger partial charge on any atom is -0.289 e. The Bertz CT molecular complexity index is 348. The van der Waals surface area contributed by atoms with E-state index in [9.17, 15) is 4.79 Å². The first kappa shape index (κ1) is 9.72. The molecule has 0 saturated heterocycles. The topological polar surface area (TPSA) is 17.1 Å². The highest BCUT2D eigenvalue weighted by Crippen LogP contribution is 2.11. The second-order valence-corrected chi connectivity index (χ2v) is 3.18. The van der Waals surface area contributed by atoms with Crippen LogP contribution in [0.2, 0.25) is 0 Å². The molecule has 0 aliphatic carbocycles. The SMILES string of the molecule is C/C=C/C(=O)c1cc(C)ccc1C. The van der Waals surface area contributed by atoms with Crippen LogP contribution in [0.15, 0.2) is 30.4 Å². The molecule has 0 unspecified atom stereocenters. The molecule has 0 radical (unpaired) electrons. The summed E-state index contributed by atoms with van der Waals surface area (Å²) >= 11 is 0. The largest absolute Gasteiger partial charge is 0.289 e. The molecule has 1 aromatic carbocycles. The zero-order chi connectivity index (χ0) is 9.84. The molecule has 1 aromatic rings. The molecule has 1 nitrogen and oxygen atoms in total. The van der Waals surface area contributed by atoms with Crippen LogP contribution in [0.3, 0.4) is 0 Å². The van der Waals surface area contributed by atoms with Crippen LogP contribution in [-0.2, 0) is 0 Å². The standard InChI is InChI=1S/C12H14O/c1-4-5-12(13)11-8-9(2)6-7-10(11)3/h4-8H,1-3H3/b5-4+. The van der Waals surface area contributed by atoms with Gasteiger partial charge in [-0.2, -0.15) is 0 Å². The van der Waals surface area contributed by atoms with Crippen LogP contribution < -0.4 is 0 Å². The summed E-state index contributed by atoms with van der Waals surface area (Å²) < 4.78 is 0. The van der Waals surface area contributed by atoms with Gasteiger partial charge in [0.15, 0.2) is 5.78 Å². The summed E-state index contributed by atoms with van der Waals surface area (Å²) in [5, 5.41) is 0. The molecular formula is C12H14O. The lowest BCUT2D eigenvalue weighted by Gasteiger charge is -2.02. The molecule has 0 saturated carbocycles. The van der Waals surface area contributed by atoms with Gasteiger partial charge in [-0.15, -0.1) is 0 Å². The second-order valence-electron chi connectivity index (χ2n) is 3.18. The molecular weight excluding hydrogens is 160 g/mol.